The molecule has 0 radical (unpaired) electrons. The summed E-state index contributed by atoms with van der Waals surface area (Å²) in [4.78, 5) is 40.5. The van der Waals surface area contributed by atoms with Crippen LogP contribution in [0.3, 0.4) is 0 Å². The van der Waals surface area contributed by atoms with Crippen LogP contribution < -0.4 is 5.69 Å². The normalized spacial score (nSPS) is 14.8. The van der Waals surface area contributed by atoms with E-state index in [1.807, 2.05) is 38.1 Å². The van der Waals surface area contributed by atoms with E-state index in [1.165, 1.54) is 11.6 Å². The first kappa shape index (κ1) is 18.2. The van der Waals surface area contributed by atoms with E-state index >= 15 is 0 Å². The van der Waals surface area contributed by atoms with Gasteiger partial charge in [0.25, 0.3) is 0 Å². The lowest BCUT2D eigenvalue weighted by Crippen LogP contribution is -2.51. The third kappa shape index (κ3) is 3.04. The van der Waals surface area contributed by atoms with Gasteiger partial charge in [0.1, 0.15) is 6.54 Å². The van der Waals surface area contributed by atoms with Gasteiger partial charge >= 0.3 is 5.69 Å². The summed E-state index contributed by atoms with van der Waals surface area (Å²) in [6, 6.07) is 7.91. The molecule has 2 aromatic heterocycles. The number of amides is 2. The summed E-state index contributed by atoms with van der Waals surface area (Å²) in [6.45, 7) is 7.33. The Morgan fingerprint density at radius 1 is 1.04 bits per heavy atom. The number of fused-ring (bicyclic) bond motifs is 3. The van der Waals surface area contributed by atoms with E-state index in [9.17, 15) is 14.4 Å². The predicted molar refractivity (Wildman–Crippen MR) is 105 cm³/mol. The number of pyridine rings is 1. The maximum absolute atomic E-state index is 13.0. The van der Waals surface area contributed by atoms with E-state index in [1.54, 1.807) is 14.2 Å². The molecule has 1 fully saturated rings. The molecule has 4 rings (SSSR count). The minimum absolute atomic E-state index is 0.0151. The highest BCUT2D eigenvalue weighted by molar-refractivity contribution is 5.84. The van der Waals surface area contributed by atoms with Crippen molar-refractivity contribution >= 4 is 28.4 Å². The van der Waals surface area contributed by atoms with Crippen molar-refractivity contribution in [1.82, 2.24) is 24.0 Å². The Labute approximate surface area is 161 Å². The molecule has 1 aromatic carbocycles. The van der Waals surface area contributed by atoms with Crippen molar-refractivity contribution in [3.8, 4) is 0 Å². The molecule has 0 atom stereocenters. The fourth-order valence-electron chi connectivity index (χ4n) is 3.77. The van der Waals surface area contributed by atoms with Crippen molar-refractivity contribution in [2.45, 2.75) is 27.3 Å². The number of rotatable bonds is 2. The Morgan fingerprint density at radius 2 is 1.71 bits per heavy atom. The third-order valence-corrected chi connectivity index (χ3v) is 5.35. The van der Waals surface area contributed by atoms with Crippen LogP contribution in [0.2, 0.25) is 0 Å². The Balaban J connectivity index is 1.65. The van der Waals surface area contributed by atoms with Gasteiger partial charge in [0.2, 0.25) is 11.8 Å². The highest BCUT2D eigenvalue weighted by Gasteiger charge is 2.24. The molecule has 0 saturated carbocycles. The van der Waals surface area contributed by atoms with Gasteiger partial charge in [0.15, 0.2) is 5.65 Å². The second kappa shape index (κ2) is 6.78. The fourth-order valence-corrected chi connectivity index (χ4v) is 3.77. The zero-order valence-corrected chi connectivity index (χ0v) is 16.3. The summed E-state index contributed by atoms with van der Waals surface area (Å²) < 4.78 is 2.81. The fraction of sp³-hybridized carbons (Fsp3) is 0.400. The van der Waals surface area contributed by atoms with Crippen LogP contribution >= 0.6 is 0 Å². The second-order valence-electron chi connectivity index (χ2n) is 7.38. The molecule has 1 aliphatic rings. The summed E-state index contributed by atoms with van der Waals surface area (Å²) in [7, 11) is 0. The molecule has 2 amide bonds. The number of aryl methyl sites for hydroxylation is 2. The number of nitrogens with zero attached hydrogens (tertiary/aromatic N) is 5. The van der Waals surface area contributed by atoms with Crippen molar-refractivity contribution < 1.29 is 9.59 Å². The molecule has 0 aliphatic carbocycles. The highest BCUT2D eigenvalue weighted by atomic mass is 16.2. The van der Waals surface area contributed by atoms with E-state index in [4.69, 9.17) is 0 Å². The van der Waals surface area contributed by atoms with E-state index in [0.29, 0.717) is 31.8 Å². The number of benzene rings is 1. The van der Waals surface area contributed by atoms with Gasteiger partial charge in [0.05, 0.1) is 5.52 Å². The molecule has 0 bridgehead atoms. The van der Waals surface area contributed by atoms with Gasteiger partial charge in [-0.2, -0.15) is 0 Å². The van der Waals surface area contributed by atoms with Crippen molar-refractivity contribution in [3.63, 3.8) is 0 Å². The molecule has 1 aliphatic heterocycles. The zero-order chi connectivity index (χ0) is 20.0. The van der Waals surface area contributed by atoms with E-state index in [0.717, 1.165) is 22.0 Å². The topological polar surface area (TPSA) is 79.9 Å². The highest BCUT2D eigenvalue weighted by Crippen LogP contribution is 2.19. The van der Waals surface area contributed by atoms with Gasteiger partial charge in [-0.3, -0.25) is 9.59 Å². The number of hydrogen-bond donors (Lipinski definition) is 0. The molecule has 8 nitrogen and oxygen atoms in total. The lowest BCUT2D eigenvalue weighted by molar-refractivity contribution is -0.139. The number of hydrogen-bond acceptors (Lipinski definition) is 4. The van der Waals surface area contributed by atoms with Crippen LogP contribution in [0.4, 0.5) is 0 Å². The second-order valence-corrected chi connectivity index (χ2v) is 7.38. The van der Waals surface area contributed by atoms with Crippen LogP contribution in [0.15, 0.2) is 29.1 Å². The molecule has 3 aromatic rings. The standard InChI is InChI=1S/C20H23N5O3/c1-13-4-5-17-16(10-13)11-14(2)19-21-24(20(28)25(17)19)12-18(27)23-8-6-22(7-9-23)15(3)26/h4-5,10-11H,6-9,12H2,1-3H3. The van der Waals surface area contributed by atoms with Gasteiger partial charge < -0.3 is 9.80 Å². The first-order valence-electron chi connectivity index (χ1n) is 9.38. The number of carbonyl (C=O) groups is 2. The molecule has 146 valence electrons. The first-order valence-corrected chi connectivity index (χ1v) is 9.38. The molecular formula is C20H23N5O3. The first-order chi connectivity index (χ1) is 13.3. The van der Waals surface area contributed by atoms with E-state index in [-0.39, 0.29) is 24.0 Å². The number of piperazine rings is 1. The molecular weight excluding hydrogens is 358 g/mol. The monoisotopic (exact) mass is 381 g/mol. The van der Waals surface area contributed by atoms with Crippen molar-refractivity contribution in [2.75, 3.05) is 26.2 Å². The maximum Gasteiger partial charge on any atom is 0.351 e. The Hall–Kier alpha value is -3.16. The van der Waals surface area contributed by atoms with E-state index < -0.39 is 0 Å². The van der Waals surface area contributed by atoms with Crippen LogP contribution in [-0.4, -0.2) is 62.0 Å². The molecule has 0 N–H and O–H groups in total. The average molecular weight is 381 g/mol. The maximum atomic E-state index is 13.0. The molecule has 28 heavy (non-hydrogen) atoms. The van der Waals surface area contributed by atoms with Gasteiger partial charge in [-0.1, -0.05) is 11.6 Å². The smallest absolute Gasteiger partial charge is 0.339 e. The van der Waals surface area contributed by atoms with Gasteiger partial charge in [0, 0.05) is 33.1 Å². The van der Waals surface area contributed by atoms with Crippen LogP contribution in [0.5, 0.6) is 0 Å². The van der Waals surface area contributed by atoms with Crippen molar-refractivity contribution in [3.05, 3.63) is 45.9 Å². The molecule has 8 heteroatoms. The molecule has 3 heterocycles. The Morgan fingerprint density at radius 3 is 2.39 bits per heavy atom. The van der Waals surface area contributed by atoms with Crippen molar-refractivity contribution in [1.29, 1.82) is 0 Å². The SMILES string of the molecule is CC(=O)N1CCN(C(=O)Cn2nc3c(C)cc4cc(C)ccc4n3c2=O)CC1. The molecule has 1 saturated heterocycles. The molecule has 0 unspecified atom stereocenters. The minimum Gasteiger partial charge on any atom is -0.339 e. The summed E-state index contributed by atoms with van der Waals surface area (Å²) in [5, 5.41) is 5.39. The predicted octanol–water partition coefficient (Wildman–Crippen LogP) is 0.957. The van der Waals surface area contributed by atoms with Crippen LogP contribution in [0.25, 0.3) is 16.6 Å². The lowest BCUT2D eigenvalue weighted by atomic mass is 10.1. The summed E-state index contributed by atoms with van der Waals surface area (Å²) in [5.41, 5.74) is 3.03. The minimum atomic E-state index is -0.316. The third-order valence-electron chi connectivity index (χ3n) is 5.35. The van der Waals surface area contributed by atoms with Crippen LogP contribution in [0, 0.1) is 13.8 Å². The quantitative estimate of drug-likeness (QED) is 0.662. The summed E-state index contributed by atoms with van der Waals surface area (Å²) in [5.74, 6) is -0.146. The van der Waals surface area contributed by atoms with Gasteiger partial charge in [-0.05, 0) is 43.0 Å². The summed E-state index contributed by atoms with van der Waals surface area (Å²) in [6.07, 6.45) is 0. The van der Waals surface area contributed by atoms with E-state index in [2.05, 4.69) is 5.10 Å². The average Bonchev–Trinajstić information content (AvgIpc) is 2.99. The Kier molecular flexibility index (Phi) is 4.41. The van der Waals surface area contributed by atoms with Crippen molar-refractivity contribution in [2.24, 2.45) is 0 Å². The summed E-state index contributed by atoms with van der Waals surface area (Å²) >= 11 is 0. The largest absolute Gasteiger partial charge is 0.351 e. The lowest BCUT2D eigenvalue weighted by Gasteiger charge is -2.34. The van der Waals surface area contributed by atoms with Gasteiger partial charge in [-0.25, -0.2) is 13.9 Å². The van der Waals surface area contributed by atoms with Gasteiger partial charge in [-0.15, -0.1) is 5.10 Å². The number of aromatic nitrogens is 3. The van der Waals surface area contributed by atoms with Crippen LogP contribution in [0.1, 0.15) is 18.1 Å². The molecule has 0 spiro atoms. The van der Waals surface area contributed by atoms with Crippen LogP contribution in [-0.2, 0) is 16.1 Å². The Bertz CT molecular complexity index is 1150. The zero-order valence-electron chi connectivity index (χ0n) is 16.3. The number of carbonyl (C=O) groups excluding carboxylic acids is 2.